The van der Waals surface area contributed by atoms with Crippen molar-refractivity contribution in [1.82, 2.24) is 14.5 Å². The first kappa shape index (κ1) is 22.4. The highest BCUT2D eigenvalue weighted by molar-refractivity contribution is 5.96. The predicted octanol–water partition coefficient (Wildman–Crippen LogP) is 4.40. The minimum Gasteiger partial charge on any atom is -0.495 e. The van der Waals surface area contributed by atoms with Gasteiger partial charge >= 0.3 is 0 Å². The number of ether oxygens (including phenoxy) is 2. The standard InChI is InChI=1S/C24H22F3N3O3/c1-14-10-30(13-28-14)20-5-4-16(8-21(20)32-3)9-22-24(31)29(11-15(2)33-22)12-17-6-18(25)23(27)19(26)7-17/h4-10,13,15H,11-12H2,1-3H3. The first-order chi connectivity index (χ1) is 15.7. The van der Waals surface area contributed by atoms with Gasteiger partial charge in [-0.25, -0.2) is 18.2 Å². The fraction of sp³-hybridized carbons (Fsp3) is 0.250. The highest BCUT2D eigenvalue weighted by Crippen LogP contribution is 2.27. The fourth-order valence-electron chi connectivity index (χ4n) is 3.71. The number of hydrogen-bond acceptors (Lipinski definition) is 4. The summed E-state index contributed by atoms with van der Waals surface area (Å²) in [5.74, 6) is -3.90. The maximum Gasteiger partial charge on any atom is 0.289 e. The Morgan fingerprint density at radius 3 is 2.58 bits per heavy atom. The lowest BCUT2D eigenvalue weighted by atomic mass is 10.1. The third-order valence-electron chi connectivity index (χ3n) is 5.21. The summed E-state index contributed by atoms with van der Waals surface area (Å²) < 4.78 is 53.5. The molecule has 6 nitrogen and oxygen atoms in total. The van der Waals surface area contributed by atoms with Crippen molar-refractivity contribution in [3.05, 3.63) is 82.9 Å². The average molecular weight is 457 g/mol. The normalized spacial score (nSPS) is 17.4. The summed E-state index contributed by atoms with van der Waals surface area (Å²) in [5, 5.41) is 0. The van der Waals surface area contributed by atoms with Crippen molar-refractivity contribution in [1.29, 1.82) is 0 Å². The quantitative estimate of drug-likeness (QED) is 0.421. The molecule has 0 radical (unpaired) electrons. The van der Waals surface area contributed by atoms with Gasteiger partial charge in [-0.3, -0.25) is 4.79 Å². The summed E-state index contributed by atoms with van der Waals surface area (Å²) in [6.45, 7) is 3.80. The van der Waals surface area contributed by atoms with E-state index in [1.165, 1.54) is 4.90 Å². The molecule has 1 unspecified atom stereocenters. The van der Waals surface area contributed by atoms with Gasteiger partial charge < -0.3 is 18.9 Å². The molecule has 1 fully saturated rings. The fourth-order valence-corrected chi connectivity index (χ4v) is 3.71. The largest absolute Gasteiger partial charge is 0.495 e. The molecule has 2 heterocycles. The van der Waals surface area contributed by atoms with Crippen LogP contribution in [0.3, 0.4) is 0 Å². The van der Waals surface area contributed by atoms with Crippen LogP contribution in [0.25, 0.3) is 11.8 Å². The molecule has 1 aliphatic heterocycles. The van der Waals surface area contributed by atoms with Crippen LogP contribution in [0.1, 0.15) is 23.7 Å². The van der Waals surface area contributed by atoms with E-state index in [-0.39, 0.29) is 30.5 Å². The summed E-state index contributed by atoms with van der Waals surface area (Å²) in [6.07, 6.45) is 4.78. The number of rotatable bonds is 5. The Morgan fingerprint density at radius 2 is 1.94 bits per heavy atom. The molecule has 9 heteroatoms. The molecule has 0 spiro atoms. The second-order valence-electron chi connectivity index (χ2n) is 7.85. The lowest BCUT2D eigenvalue weighted by molar-refractivity contribution is -0.139. The van der Waals surface area contributed by atoms with E-state index >= 15 is 0 Å². The molecule has 1 aliphatic rings. The molecule has 2 aromatic carbocycles. The number of methoxy groups -OCH3 is 1. The maximum absolute atomic E-state index is 13.6. The van der Waals surface area contributed by atoms with Gasteiger partial charge in [0.1, 0.15) is 11.9 Å². The van der Waals surface area contributed by atoms with E-state index in [0.717, 1.165) is 23.5 Å². The van der Waals surface area contributed by atoms with Crippen LogP contribution in [0.15, 0.2) is 48.6 Å². The van der Waals surface area contributed by atoms with Gasteiger partial charge in [0.15, 0.2) is 23.2 Å². The molecule has 4 rings (SSSR count). The number of amides is 1. The van der Waals surface area contributed by atoms with Gasteiger partial charge in [-0.15, -0.1) is 0 Å². The molecule has 1 amide bonds. The third-order valence-corrected chi connectivity index (χ3v) is 5.21. The number of carbonyl (C=O) groups is 1. The molecule has 0 N–H and O–H groups in total. The monoisotopic (exact) mass is 457 g/mol. The van der Waals surface area contributed by atoms with E-state index in [4.69, 9.17) is 9.47 Å². The van der Waals surface area contributed by atoms with Crippen molar-refractivity contribution in [3.8, 4) is 11.4 Å². The zero-order valence-corrected chi connectivity index (χ0v) is 18.3. The summed E-state index contributed by atoms with van der Waals surface area (Å²) in [4.78, 5) is 18.6. The van der Waals surface area contributed by atoms with E-state index in [1.807, 2.05) is 29.8 Å². The van der Waals surface area contributed by atoms with Gasteiger partial charge in [0.05, 0.1) is 31.4 Å². The summed E-state index contributed by atoms with van der Waals surface area (Å²) in [5.41, 5.74) is 2.46. The Bertz CT molecular complexity index is 1220. The van der Waals surface area contributed by atoms with Crippen molar-refractivity contribution >= 4 is 12.0 Å². The van der Waals surface area contributed by atoms with Crippen molar-refractivity contribution in [3.63, 3.8) is 0 Å². The Kier molecular flexibility index (Phi) is 6.13. The molecule has 172 valence electrons. The van der Waals surface area contributed by atoms with Gasteiger partial charge in [-0.1, -0.05) is 6.07 Å². The van der Waals surface area contributed by atoms with E-state index < -0.39 is 23.4 Å². The van der Waals surface area contributed by atoms with Crippen LogP contribution in [0.5, 0.6) is 5.75 Å². The van der Waals surface area contributed by atoms with Crippen molar-refractivity contribution in [2.45, 2.75) is 26.5 Å². The molecule has 0 bridgehead atoms. The minimum absolute atomic E-state index is 0.0831. The number of halogens is 3. The van der Waals surface area contributed by atoms with Crippen LogP contribution in [0.4, 0.5) is 13.2 Å². The second-order valence-corrected chi connectivity index (χ2v) is 7.85. The van der Waals surface area contributed by atoms with E-state index in [1.54, 1.807) is 32.5 Å². The number of hydrogen-bond donors (Lipinski definition) is 0. The van der Waals surface area contributed by atoms with Gasteiger partial charge in [-0.05, 0) is 55.3 Å². The number of benzene rings is 2. The van der Waals surface area contributed by atoms with E-state index in [2.05, 4.69) is 4.98 Å². The Hall–Kier alpha value is -3.75. The maximum atomic E-state index is 13.6. The lowest BCUT2D eigenvalue weighted by Gasteiger charge is -2.33. The average Bonchev–Trinajstić information content (AvgIpc) is 3.21. The van der Waals surface area contributed by atoms with Crippen molar-refractivity contribution in [2.75, 3.05) is 13.7 Å². The van der Waals surface area contributed by atoms with Crippen molar-refractivity contribution < 1.29 is 27.4 Å². The first-order valence-electron chi connectivity index (χ1n) is 10.2. The molecular formula is C24H22F3N3O3. The van der Waals surface area contributed by atoms with Gasteiger partial charge in [0.25, 0.3) is 5.91 Å². The molecular weight excluding hydrogens is 435 g/mol. The van der Waals surface area contributed by atoms with Gasteiger partial charge in [0.2, 0.25) is 0 Å². The predicted molar refractivity (Wildman–Crippen MR) is 115 cm³/mol. The Labute approximate surface area is 188 Å². The highest BCUT2D eigenvalue weighted by atomic mass is 19.2. The Morgan fingerprint density at radius 1 is 1.21 bits per heavy atom. The number of aromatic nitrogens is 2. The van der Waals surface area contributed by atoms with Crippen LogP contribution in [-0.2, 0) is 16.1 Å². The van der Waals surface area contributed by atoms with Crippen LogP contribution >= 0.6 is 0 Å². The molecule has 3 aromatic rings. The number of carbonyl (C=O) groups excluding carboxylic acids is 1. The number of aryl methyl sites for hydroxylation is 1. The van der Waals surface area contributed by atoms with Crippen molar-refractivity contribution in [2.24, 2.45) is 0 Å². The summed E-state index contributed by atoms with van der Waals surface area (Å²) in [7, 11) is 1.55. The topological polar surface area (TPSA) is 56.6 Å². The SMILES string of the molecule is COc1cc(C=C2OC(C)CN(Cc3cc(F)c(F)c(F)c3)C2=O)ccc1-n1cnc(C)c1. The summed E-state index contributed by atoms with van der Waals surface area (Å²) >= 11 is 0. The van der Waals surface area contributed by atoms with Crippen LogP contribution in [-0.4, -0.2) is 40.1 Å². The molecule has 1 aromatic heterocycles. The molecule has 1 saturated heterocycles. The van der Waals surface area contributed by atoms with Gasteiger partial charge in [-0.2, -0.15) is 0 Å². The molecule has 1 atom stereocenters. The number of imidazole rings is 1. The van der Waals surface area contributed by atoms with Crippen LogP contribution < -0.4 is 4.74 Å². The number of morpholine rings is 1. The van der Waals surface area contributed by atoms with Crippen LogP contribution in [0, 0.1) is 24.4 Å². The minimum atomic E-state index is -1.54. The van der Waals surface area contributed by atoms with Crippen LogP contribution in [0.2, 0.25) is 0 Å². The zero-order chi connectivity index (χ0) is 23.7. The molecule has 33 heavy (non-hydrogen) atoms. The van der Waals surface area contributed by atoms with E-state index in [9.17, 15) is 18.0 Å². The highest BCUT2D eigenvalue weighted by Gasteiger charge is 2.29. The molecule has 0 aliphatic carbocycles. The lowest BCUT2D eigenvalue weighted by Crippen LogP contribution is -2.43. The van der Waals surface area contributed by atoms with Gasteiger partial charge in [0, 0.05) is 12.7 Å². The second kappa shape index (κ2) is 9.01. The first-order valence-corrected chi connectivity index (χ1v) is 10.2. The number of nitrogens with zero attached hydrogens (tertiary/aromatic N) is 3. The molecule has 0 saturated carbocycles. The Balaban J connectivity index is 1.60. The smallest absolute Gasteiger partial charge is 0.289 e. The summed E-state index contributed by atoms with van der Waals surface area (Å²) in [6, 6.07) is 7.19. The zero-order valence-electron chi connectivity index (χ0n) is 18.3. The van der Waals surface area contributed by atoms with E-state index in [0.29, 0.717) is 11.3 Å². The third kappa shape index (κ3) is 4.72.